The van der Waals surface area contributed by atoms with Crippen LogP contribution in [0.3, 0.4) is 0 Å². The first-order chi connectivity index (χ1) is 11.0. The van der Waals surface area contributed by atoms with E-state index < -0.39 is 0 Å². The Kier molecular flexibility index (Phi) is 5.90. The highest BCUT2D eigenvalue weighted by atomic mass is 35.5. The first-order valence-electron chi connectivity index (χ1n) is 7.65. The number of halogens is 2. The Bertz CT molecular complexity index is 722. The van der Waals surface area contributed by atoms with Crippen molar-refractivity contribution in [3.05, 3.63) is 35.5 Å². The lowest BCUT2D eigenvalue weighted by atomic mass is 10.1. The highest BCUT2D eigenvalue weighted by Gasteiger charge is 2.23. The molecule has 0 saturated carbocycles. The van der Waals surface area contributed by atoms with E-state index in [4.69, 9.17) is 10.3 Å². The molecule has 1 atom stereocenters. The molecule has 8 heteroatoms. The molecule has 1 aliphatic heterocycles. The van der Waals surface area contributed by atoms with Crippen LogP contribution in [0.4, 0.5) is 4.39 Å². The Morgan fingerprint density at radius 3 is 2.96 bits per heavy atom. The third-order valence-electron chi connectivity index (χ3n) is 4.03. The van der Waals surface area contributed by atoms with Crippen molar-refractivity contribution < 1.29 is 13.7 Å². The Balaban J connectivity index is 0.00000208. The molecule has 1 aliphatic rings. The Morgan fingerprint density at radius 2 is 2.29 bits per heavy atom. The fraction of sp³-hybridized carbons (Fsp3) is 0.438. The maximum atomic E-state index is 13.6. The lowest BCUT2D eigenvalue weighted by Gasteiger charge is -2.14. The molecule has 0 radical (unpaired) electrons. The molecule has 24 heavy (non-hydrogen) atoms. The topological polar surface area (TPSA) is 85.2 Å². The van der Waals surface area contributed by atoms with Crippen molar-refractivity contribution in [3.63, 3.8) is 0 Å². The summed E-state index contributed by atoms with van der Waals surface area (Å²) < 4.78 is 18.7. The van der Waals surface area contributed by atoms with Crippen molar-refractivity contribution in [2.45, 2.75) is 32.2 Å². The fourth-order valence-corrected chi connectivity index (χ4v) is 2.59. The van der Waals surface area contributed by atoms with E-state index in [1.54, 1.807) is 24.0 Å². The average molecular weight is 355 g/mol. The van der Waals surface area contributed by atoms with Gasteiger partial charge in [-0.15, -0.1) is 12.4 Å². The number of nitrogens with zero attached hydrogens (tertiary/aromatic N) is 3. The minimum atomic E-state index is -0.311. The summed E-state index contributed by atoms with van der Waals surface area (Å²) in [5, 5.41) is 3.85. The summed E-state index contributed by atoms with van der Waals surface area (Å²) in [6.07, 6.45) is 1.51. The Labute approximate surface area is 145 Å². The van der Waals surface area contributed by atoms with Gasteiger partial charge in [-0.05, 0) is 25.0 Å². The summed E-state index contributed by atoms with van der Waals surface area (Å²) in [7, 11) is 0. The van der Waals surface area contributed by atoms with Crippen LogP contribution >= 0.6 is 12.4 Å². The maximum absolute atomic E-state index is 13.6. The van der Waals surface area contributed by atoms with E-state index in [9.17, 15) is 9.18 Å². The number of hydrogen-bond donors (Lipinski definition) is 1. The minimum Gasteiger partial charge on any atom is -0.341 e. The molecule has 130 valence electrons. The predicted molar refractivity (Wildman–Crippen MR) is 89.2 cm³/mol. The molecule has 2 heterocycles. The van der Waals surface area contributed by atoms with Gasteiger partial charge in [-0.25, -0.2) is 4.39 Å². The summed E-state index contributed by atoms with van der Waals surface area (Å²) in [4.78, 5) is 18.0. The molecule has 0 aliphatic carbocycles. The van der Waals surface area contributed by atoms with Crippen LogP contribution < -0.4 is 5.73 Å². The van der Waals surface area contributed by atoms with E-state index in [-0.39, 0.29) is 30.2 Å². The zero-order valence-corrected chi connectivity index (χ0v) is 14.2. The molecule has 1 aromatic carbocycles. The van der Waals surface area contributed by atoms with Gasteiger partial charge in [-0.1, -0.05) is 17.3 Å². The number of aromatic nitrogens is 2. The van der Waals surface area contributed by atoms with Gasteiger partial charge >= 0.3 is 0 Å². The smallest absolute Gasteiger partial charge is 0.227 e. The van der Waals surface area contributed by atoms with E-state index in [0.717, 1.165) is 6.42 Å². The predicted octanol–water partition coefficient (Wildman–Crippen LogP) is 2.10. The molecule has 1 saturated heterocycles. The van der Waals surface area contributed by atoms with Crippen molar-refractivity contribution in [1.82, 2.24) is 15.0 Å². The number of nitrogens with two attached hydrogens (primary N) is 1. The number of aryl methyl sites for hydroxylation is 2. The number of amides is 1. The van der Waals surface area contributed by atoms with Gasteiger partial charge in [-0.3, -0.25) is 4.79 Å². The van der Waals surface area contributed by atoms with Gasteiger partial charge in [0.25, 0.3) is 0 Å². The summed E-state index contributed by atoms with van der Waals surface area (Å²) in [6.45, 7) is 3.00. The molecular formula is C16H20ClFN4O2. The molecule has 1 aromatic heterocycles. The van der Waals surface area contributed by atoms with Crippen LogP contribution in [0.2, 0.25) is 0 Å². The SMILES string of the molecule is Cc1ccc(-c2noc(CCC(=O)N3CC[C@@H](N)C3)n2)cc1F.Cl. The third-order valence-corrected chi connectivity index (χ3v) is 4.03. The van der Waals surface area contributed by atoms with Crippen molar-refractivity contribution in [3.8, 4) is 11.4 Å². The van der Waals surface area contributed by atoms with E-state index in [1.807, 2.05) is 0 Å². The molecular weight excluding hydrogens is 335 g/mol. The van der Waals surface area contributed by atoms with Crippen molar-refractivity contribution in [2.24, 2.45) is 5.73 Å². The number of hydrogen-bond acceptors (Lipinski definition) is 5. The first kappa shape index (κ1) is 18.4. The molecule has 0 unspecified atom stereocenters. The zero-order valence-electron chi connectivity index (χ0n) is 13.4. The Hall–Kier alpha value is -1.99. The molecule has 2 aromatic rings. The van der Waals surface area contributed by atoms with Crippen LogP contribution in [0.25, 0.3) is 11.4 Å². The molecule has 2 N–H and O–H groups in total. The van der Waals surface area contributed by atoms with Gasteiger partial charge in [0.2, 0.25) is 17.6 Å². The van der Waals surface area contributed by atoms with Crippen LogP contribution in [0, 0.1) is 12.7 Å². The normalized spacial score (nSPS) is 17.0. The number of carbonyl (C=O) groups excluding carboxylic acids is 1. The summed E-state index contributed by atoms with van der Waals surface area (Å²) in [6, 6.07) is 4.86. The van der Waals surface area contributed by atoms with Crippen LogP contribution in [0.1, 0.15) is 24.3 Å². The number of likely N-dealkylation sites (tertiary alicyclic amines) is 1. The van der Waals surface area contributed by atoms with Crippen LogP contribution in [0.5, 0.6) is 0 Å². The lowest BCUT2D eigenvalue weighted by molar-refractivity contribution is -0.130. The summed E-state index contributed by atoms with van der Waals surface area (Å²) >= 11 is 0. The molecule has 0 bridgehead atoms. The molecule has 1 amide bonds. The van der Waals surface area contributed by atoms with Gasteiger partial charge in [0, 0.05) is 37.5 Å². The second-order valence-electron chi connectivity index (χ2n) is 5.86. The van der Waals surface area contributed by atoms with Gasteiger partial charge in [0.05, 0.1) is 0 Å². The van der Waals surface area contributed by atoms with E-state index in [0.29, 0.717) is 48.8 Å². The number of rotatable bonds is 4. The van der Waals surface area contributed by atoms with E-state index >= 15 is 0 Å². The van der Waals surface area contributed by atoms with Gasteiger partial charge in [0.1, 0.15) is 5.82 Å². The molecule has 3 rings (SSSR count). The number of carbonyl (C=O) groups is 1. The monoisotopic (exact) mass is 354 g/mol. The van der Waals surface area contributed by atoms with Crippen LogP contribution in [0.15, 0.2) is 22.7 Å². The molecule has 0 spiro atoms. The van der Waals surface area contributed by atoms with Gasteiger partial charge in [-0.2, -0.15) is 4.98 Å². The average Bonchev–Trinajstić information content (AvgIpc) is 3.17. The first-order valence-corrected chi connectivity index (χ1v) is 7.65. The van der Waals surface area contributed by atoms with Gasteiger partial charge in [0.15, 0.2) is 0 Å². The zero-order chi connectivity index (χ0) is 16.4. The van der Waals surface area contributed by atoms with Crippen molar-refractivity contribution in [2.75, 3.05) is 13.1 Å². The molecule has 6 nitrogen and oxygen atoms in total. The summed E-state index contributed by atoms with van der Waals surface area (Å²) in [5.74, 6) is 0.431. The largest absolute Gasteiger partial charge is 0.341 e. The maximum Gasteiger partial charge on any atom is 0.227 e. The minimum absolute atomic E-state index is 0. The Morgan fingerprint density at radius 1 is 1.50 bits per heavy atom. The standard InChI is InChI=1S/C16H19FN4O2.ClH/c1-10-2-3-11(8-13(10)17)16-19-14(23-20-16)4-5-15(22)21-7-6-12(18)9-21;/h2-3,8,12H,4-7,9,18H2,1H3;1H/t12-;/m1./s1. The second-order valence-corrected chi connectivity index (χ2v) is 5.86. The number of benzene rings is 1. The van der Waals surface area contributed by atoms with E-state index in [2.05, 4.69) is 10.1 Å². The summed E-state index contributed by atoms with van der Waals surface area (Å²) in [5.41, 5.74) is 6.91. The van der Waals surface area contributed by atoms with Crippen molar-refractivity contribution >= 4 is 18.3 Å². The quantitative estimate of drug-likeness (QED) is 0.908. The second kappa shape index (κ2) is 7.72. The van der Waals surface area contributed by atoms with Crippen LogP contribution in [-0.4, -0.2) is 40.1 Å². The highest BCUT2D eigenvalue weighted by molar-refractivity contribution is 5.85. The highest BCUT2D eigenvalue weighted by Crippen LogP contribution is 2.19. The van der Waals surface area contributed by atoms with E-state index in [1.165, 1.54) is 6.07 Å². The lowest BCUT2D eigenvalue weighted by Crippen LogP contribution is -2.31. The van der Waals surface area contributed by atoms with Crippen molar-refractivity contribution in [1.29, 1.82) is 0 Å². The van der Waals surface area contributed by atoms with Gasteiger partial charge < -0.3 is 15.2 Å². The third kappa shape index (κ3) is 4.10. The molecule has 1 fully saturated rings. The van der Waals surface area contributed by atoms with Crippen LogP contribution in [-0.2, 0) is 11.2 Å². The fourth-order valence-electron chi connectivity index (χ4n) is 2.59.